The third-order valence-electron chi connectivity index (χ3n) is 6.47. The normalized spacial score (nSPS) is 17.0. The van der Waals surface area contributed by atoms with Crippen molar-refractivity contribution in [1.29, 1.82) is 0 Å². The van der Waals surface area contributed by atoms with Crippen LogP contribution in [-0.2, 0) is 9.47 Å². The Hall–Kier alpha value is -3.44. The first-order valence-electron chi connectivity index (χ1n) is 11.9. The highest BCUT2D eigenvalue weighted by Crippen LogP contribution is 2.36. The van der Waals surface area contributed by atoms with Crippen LogP contribution in [0.2, 0.25) is 5.02 Å². The number of aliphatic hydroxyl groups excluding tert-OH is 1. The van der Waals surface area contributed by atoms with Gasteiger partial charge in [-0.1, -0.05) is 11.6 Å². The molecule has 0 amide bonds. The number of halogens is 2. The number of rotatable bonds is 6. The fourth-order valence-electron chi connectivity index (χ4n) is 4.39. The van der Waals surface area contributed by atoms with Crippen molar-refractivity contribution in [1.82, 2.24) is 20.2 Å². The summed E-state index contributed by atoms with van der Waals surface area (Å²) in [7, 11) is 0. The first kappa shape index (κ1) is 23.9. The van der Waals surface area contributed by atoms with Crippen LogP contribution < -0.4 is 9.64 Å². The first-order chi connectivity index (χ1) is 18.1. The Bertz CT molecular complexity index is 1430. The average Bonchev–Trinajstić information content (AvgIpc) is 2.91. The van der Waals surface area contributed by atoms with Gasteiger partial charge in [-0.15, -0.1) is 10.2 Å². The van der Waals surface area contributed by atoms with Gasteiger partial charge in [-0.25, -0.2) is 14.4 Å². The van der Waals surface area contributed by atoms with Gasteiger partial charge in [0.2, 0.25) is 5.88 Å². The molecule has 2 aliphatic rings. The van der Waals surface area contributed by atoms with E-state index in [1.165, 1.54) is 18.5 Å². The van der Waals surface area contributed by atoms with Gasteiger partial charge in [0.15, 0.2) is 0 Å². The molecule has 2 aliphatic heterocycles. The molecule has 2 aromatic heterocycles. The summed E-state index contributed by atoms with van der Waals surface area (Å²) < 4.78 is 31.3. The average molecular weight is 524 g/mol. The number of hydrogen-bond donors (Lipinski definition) is 1. The monoisotopic (exact) mass is 523 g/mol. The number of fused-ring (bicyclic) bond motifs is 1. The lowest BCUT2D eigenvalue weighted by molar-refractivity contribution is -0.0816. The Balaban J connectivity index is 1.32. The molecule has 2 saturated heterocycles. The summed E-state index contributed by atoms with van der Waals surface area (Å²) in [5, 5.41) is 19.9. The van der Waals surface area contributed by atoms with E-state index in [0.717, 1.165) is 18.8 Å². The molecule has 0 saturated carbocycles. The molecular formula is C26H23ClFN5O4. The van der Waals surface area contributed by atoms with Crippen molar-refractivity contribution >= 4 is 28.2 Å². The number of morpholine rings is 1. The highest BCUT2D eigenvalue weighted by atomic mass is 35.5. The van der Waals surface area contributed by atoms with E-state index in [1.807, 2.05) is 18.2 Å². The molecule has 1 unspecified atom stereocenters. The minimum atomic E-state index is -1.23. The van der Waals surface area contributed by atoms with E-state index in [-0.39, 0.29) is 27.9 Å². The highest BCUT2D eigenvalue weighted by Gasteiger charge is 2.23. The summed E-state index contributed by atoms with van der Waals surface area (Å²) in [5.41, 5.74) is 2.83. The van der Waals surface area contributed by atoms with Gasteiger partial charge < -0.3 is 24.2 Å². The van der Waals surface area contributed by atoms with E-state index in [4.69, 9.17) is 25.8 Å². The minimum Gasteiger partial charge on any atom is -0.468 e. The zero-order valence-corrected chi connectivity index (χ0v) is 20.4. The lowest BCUT2D eigenvalue weighted by atomic mass is 9.99. The molecular weight excluding hydrogens is 501 g/mol. The van der Waals surface area contributed by atoms with Crippen molar-refractivity contribution in [2.24, 2.45) is 0 Å². The van der Waals surface area contributed by atoms with Gasteiger partial charge >= 0.3 is 0 Å². The minimum absolute atomic E-state index is 0.0493. The predicted molar refractivity (Wildman–Crippen MR) is 134 cm³/mol. The molecule has 4 heterocycles. The largest absolute Gasteiger partial charge is 0.468 e. The molecule has 2 fully saturated rings. The van der Waals surface area contributed by atoms with Crippen LogP contribution in [0.15, 0.2) is 48.8 Å². The predicted octanol–water partition coefficient (Wildman–Crippen LogP) is 3.58. The van der Waals surface area contributed by atoms with E-state index in [0.29, 0.717) is 48.9 Å². The van der Waals surface area contributed by atoms with Crippen LogP contribution in [-0.4, -0.2) is 70.9 Å². The molecule has 1 N–H and O–H groups in total. The van der Waals surface area contributed by atoms with Crippen LogP contribution in [0, 0.1) is 5.82 Å². The Morgan fingerprint density at radius 1 is 1.03 bits per heavy atom. The third kappa shape index (κ3) is 4.80. The summed E-state index contributed by atoms with van der Waals surface area (Å²) in [6, 6.07) is 11.7. The molecule has 0 radical (unpaired) electrons. The molecule has 37 heavy (non-hydrogen) atoms. The van der Waals surface area contributed by atoms with Gasteiger partial charge in [0.1, 0.15) is 24.4 Å². The lowest BCUT2D eigenvalue weighted by Crippen LogP contribution is -2.38. The van der Waals surface area contributed by atoms with Crippen LogP contribution >= 0.6 is 11.6 Å². The Kier molecular flexibility index (Phi) is 6.56. The number of aliphatic hydroxyl groups is 1. The summed E-state index contributed by atoms with van der Waals surface area (Å²) in [4.78, 5) is 11.0. The Morgan fingerprint density at radius 3 is 2.59 bits per heavy atom. The van der Waals surface area contributed by atoms with Crippen molar-refractivity contribution in [3.63, 3.8) is 0 Å². The maximum atomic E-state index is 15.2. The Labute approximate surface area is 216 Å². The molecule has 190 valence electrons. The lowest BCUT2D eigenvalue weighted by Gasteiger charge is -2.29. The van der Waals surface area contributed by atoms with Crippen molar-refractivity contribution in [3.8, 4) is 17.1 Å². The second-order valence-electron chi connectivity index (χ2n) is 8.85. The number of ether oxygens (including phenoxy) is 3. The van der Waals surface area contributed by atoms with E-state index in [1.54, 1.807) is 12.1 Å². The second kappa shape index (κ2) is 10.1. The molecule has 1 atom stereocenters. The number of hydrogen-bond acceptors (Lipinski definition) is 9. The van der Waals surface area contributed by atoms with Gasteiger partial charge in [0.05, 0.1) is 43.3 Å². The van der Waals surface area contributed by atoms with Gasteiger partial charge in [-0.3, -0.25) is 0 Å². The highest BCUT2D eigenvalue weighted by molar-refractivity contribution is 6.31. The van der Waals surface area contributed by atoms with E-state index in [2.05, 4.69) is 25.1 Å². The number of aromatic nitrogens is 4. The number of anilines is 1. The Morgan fingerprint density at radius 2 is 1.86 bits per heavy atom. The van der Waals surface area contributed by atoms with Crippen LogP contribution in [0.4, 0.5) is 10.1 Å². The summed E-state index contributed by atoms with van der Waals surface area (Å²) in [6.07, 6.45) is 0.121. The van der Waals surface area contributed by atoms with Crippen LogP contribution in [0.3, 0.4) is 0 Å². The fourth-order valence-corrected chi connectivity index (χ4v) is 4.64. The molecule has 4 aromatic rings. The summed E-state index contributed by atoms with van der Waals surface area (Å²) in [6.45, 7) is 3.94. The third-order valence-corrected chi connectivity index (χ3v) is 6.80. The second-order valence-corrected chi connectivity index (χ2v) is 9.26. The van der Waals surface area contributed by atoms with Gasteiger partial charge in [0.25, 0.3) is 0 Å². The van der Waals surface area contributed by atoms with Crippen LogP contribution in [0.1, 0.15) is 17.4 Å². The van der Waals surface area contributed by atoms with Crippen molar-refractivity contribution in [2.75, 3.05) is 44.4 Å². The molecule has 0 bridgehead atoms. The number of nitrogens with zero attached hydrogens (tertiary/aromatic N) is 5. The van der Waals surface area contributed by atoms with Crippen molar-refractivity contribution < 1.29 is 23.7 Å². The van der Waals surface area contributed by atoms with E-state index < -0.39 is 11.9 Å². The van der Waals surface area contributed by atoms with E-state index in [9.17, 15) is 5.11 Å². The first-order valence-corrected chi connectivity index (χ1v) is 12.3. The molecule has 0 aliphatic carbocycles. The molecule has 2 aromatic carbocycles. The fraction of sp³-hybridized carbons (Fsp3) is 0.308. The zero-order valence-electron chi connectivity index (χ0n) is 19.7. The summed E-state index contributed by atoms with van der Waals surface area (Å²) in [5.74, 6) is -0.227. The maximum absolute atomic E-state index is 15.2. The van der Waals surface area contributed by atoms with Crippen molar-refractivity contribution in [2.45, 2.75) is 12.2 Å². The maximum Gasteiger partial charge on any atom is 0.233 e. The zero-order chi connectivity index (χ0) is 25.4. The molecule has 0 spiro atoms. The molecule has 9 nitrogen and oxygen atoms in total. The van der Waals surface area contributed by atoms with Crippen LogP contribution in [0.5, 0.6) is 5.88 Å². The smallest absolute Gasteiger partial charge is 0.233 e. The van der Waals surface area contributed by atoms with Gasteiger partial charge in [0, 0.05) is 46.4 Å². The van der Waals surface area contributed by atoms with Gasteiger partial charge in [-0.05, 0) is 36.4 Å². The molecule has 11 heteroatoms. The topological polar surface area (TPSA) is 103 Å². The van der Waals surface area contributed by atoms with Crippen LogP contribution in [0.25, 0.3) is 22.2 Å². The van der Waals surface area contributed by atoms with Crippen molar-refractivity contribution in [3.05, 3.63) is 70.9 Å². The van der Waals surface area contributed by atoms with Gasteiger partial charge in [-0.2, -0.15) is 0 Å². The molecule has 6 rings (SSSR count). The quantitative estimate of drug-likeness (QED) is 0.406. The number of benzene rings is 2. The SMILES string of the molecule is OC(c1ccc(OC2COC2)nn1)c1cc(-c2ncnc3cc(N4CCOCC4)ccc23)c(F)cc1Cl. The summed E-state index contributed by atoms with van der Waals surface area (Å²) >= 11 is 6.35. The standard InChI is InChI=1S/C26H23ClFN5O4/c27-20-11-21(28)19(10-18(20)26(34)22-3-4-24(32-31-22)37-16-12-36-13-16)25-17-2-1-15(9-23(17)29-14-30-25)33-5-7-35-8-6-33/h1-4,9-11,14,16,26,34H,5-8,12-13H2. The van der Waals surface area contributed by atoms with E-state index >= 15 is 4.39 Å².